The third-order valence-electron chi connectivity index (χ3n) is 3.20. The molecule has 0 aliphatic carbocycles. The summed E-state index contributed by atoms with van der Waals surface area (Å²) in [6.45, 7) is 0. The van der Waals surface area contributed by atoms with E-state index in [0.29, 0.717) is 5.69 Å². The third-order valence-corrected chi connectivity index (χ3v) is 3.20. The van der Waals surface area contributed by atoms with Gasteiger partial charge in [-0.25, -0.2) is 0 Å². The Balaban J connectivity index is 2.03. The number of phenolic OH excluding ortho intramolecular Hbond substituents is 1. The van der Waals surface area contributed by atoms with Crippen LogP contribution in [-0.4, -0.2) is 12.2 Å². The standard InChI is InChI=1S/C17H14N2O2/c1-21-17-11-10-16(14-4-2-3-5-15(14)17)19-18-12-6-8-13(20)9-7-12/h2-11,20H,1H3/b19-18+. The number of methoxy groups -OCH3 is 1. The number of fused-ring (bicyclic) bond motifs is 1. The summed E-state index contributed by atoms with van der Waals surface area (Å²) in [6, 6.07) is 18.3. The second-order valence-corrected chi connectivity index (χ2v) is 4.55. The van der Waals surface area contributed by atoms with E-state index in [-0.39, 0.29) is 5.75 Å². The molecule has 0 aliphatic heterocycles. The van der Waals surface area contributed by atoms with Crippen molar-refractivity contribution in [2.24, 2.45) is 10.2 Å². The Hall–Kier alpha value is -2.88. The molecule has 0 bridgehead atoms. The second-order valence-electron chi connectivity index (χ2n) is 4.55. The van der Waals surface area contributed by atoms with Crippen LogP contribution in [-0.2, 0) is 0 Å². The van der Waals surface area contributed by atoms with Crippen molar-refractivity contribution in [1.82, 2.24) is 0 Å². The van der Waals surface area contributed by atoms with Crippen LogP contribution in [0.1, 0.15) is 0 Å². The van der Waals surface area contributed by atoms with Crippen LogP contribution in [0.2, 0.25) is 0 Å². The zero-order chi connectivity index (χ0) is 14.7. The van der Waals surface area contributed by atoms with E-state index in [4.69, 9.17) is 4.74 Å². The maximum atomic E-state index is 9.25. The number of nitrogens with zero attached hydrogens (tertiary/aromatic N) is 2. The number of ether oxygens (including phenoxy) is 1. The molecule has 0 radical (unpaired) electrons. The van der Waals surface area contributed by atoms with Gasteiger partial charge >= 0.3 is 0 Å². The smallest absolute Gasteiger partial charge is 0.126 e. The van der Waals surface area contributed by atoms with Gasteiger partial charge < -0.3 is 9.84 Å². The van der Waals surface area contributed by atoms with E-state index in [1.165, 1.54) is 0 Å². The molecular formula is C17H14N2O2. The highest BCUT2D eigenvalue weighted by Gasteiger charge is 2.05. The minimum Gasteiger partial charge on any atom is -0.508 e. The minimum atomic E-state index is 0.212. The second kappa shape index (κ2) is 5.63. The Morgan fingerprint density at radius 3 is 2.24 bits per heavy atom. The topological polar surface area (TPSA) is 54.2 Å². The molecule has 104 valence electrons. The lowest BCUT2D eigenvalue weighted by molar-refractivity contribution is 0.420. The lowest BCUT2D eigenvalue weighted by Crippen LogP contribution is -1.84. The van der Waals surface area contributed by atoms with Crippen molar-refractivity contribution in [3.05, 3.63) is 60.7 Å². The number of aromatic hydroxyl groups is 1. The van der Waals surface area contributed by atoms with E-state index in [2.05, 4.69) is 10.2 Å². The fourth-order valence-electron chi connectivity index (χ4n) is 2.15. The summed E-state index contributed by atoms with van der Waals surface area (Å²) in [7, 11) is 1.65. The van der Waals surface area contributed by atoms with Gasteiger partial charge in [0.1, 0.15) is 11.5 Å². The highest BCUT2D eigenvalue weighted by molar-refractivity contribution is 5.96. The molecule has 3 aromatic carbocycles. The van der Waals surface area contributed by atoms with Gasteiger partial charge in [0.2, 0.25) is 0 Å². The molecule has 0 aromatic heterocycles. The average molecular weight is 278 g/mol. The lowest BCUT2D eigenvalue weighted by Gasteiger charge is -2.06. The van der Waals surface area contributed by atoms with E-state index in [9.17, 15) is 5.11 Å². The molecule has 0 saturated heterocycles. The molecule has 0 atom stereocenters. The highest BCUT2D eigenvalue weighted by atomic mass is 16.5. The van der Waals surface area contributed by atoms with Crippen molar-refractivity contribution < 1.29 is 9.84 Å². The van der Waals surface area contributed by atoms with E-state index >= 15 is 0 Å². The van der Waals surface area contributed by atoms with Crippen molar-refractivity contribution in [2.45, 2.75) is 0 Å². The number of hydrogen-bond acceptors (Lipinski definition) is 4. The maximum Gasteiger partial charge on any atom is 0.126 e. The molecule has 4 heteroatoms. The Morgan fingerprint density at radius 2 is 1.52 bits per heavy atom. The molecule has 0 aliphatic rings. The molecule has 0 spiro atoms. The molecular weight excluding hydrogens is 264 g/mol. The van der Waals surface area contributed by atoms with Crippen molar-refractivity contribution in [3.8, 4) is 11.5 Å². The van der Waals surface area contributed by atoms with E-state index in [1.54, 1.807) is 31.4 Å². The Kier molecular flexibility index (Phi) is 3.51. The number of rotatable bonds is 3. The van der Waals surface area contributed by atoms with Crippen LogP contribution in [0.15, 0.2) is 70.9 Å². The molecule has 3 rings (SSSR count). The molecule has 0 heterocycles. The third kappa shape index (κ3) is 2.69. The van der Waals surface area contributed by atoms with Crippen molar-refractivity contribution in [2.75, 3.05) is 7.11 Å². The van der Waals surface area contributed by atoms with Crippen LogP contribution in [0.25, 0.3) is 10.8 Å². The Morgan fingerprint density at radius 1 is 0.810 bits per heavy atom. The molecule has 0 saturated carbocycles. The molecule has 0 amide bonds. The van der Waals surface area contributed by atoms with Crippen LogP contribution in [0.3, 0.4) is 0 Å². The summed E-state index contributed by atoms with van der Waals surface area (Å²) in [4.78, 5) is 0. The first kappa shape index (κ1) is 13.1. The number of azo groups is 1. The monoisotopic (exact) mass is 278 g/mol. The van der Waals surface area contributed by atoms with Gasteiger partial charge in [0.05, 0.1) is 18.5 Å². The van der Waals surface area contributed by atoms with Crippen LogP contribution < -0.4 is 4.74 Å². The normalized spacial score (nSPS) is 11.1. The number of benzene rings is 3. The zero-order valence-corrected chi connectivity index (χ0v) is 11.5. The molecule has 21 heavy (non-hydrogen) atoms. The van der Waals surface area contributed by atoms with Gasteiger partial charge in [-0.2, -0.15) is 5.11 Å². The Bertz CT molecular complexity index is 795. The predicted molar refractivity (Wildman–Crippen MR) is 82.8 cm³/mol. The van der Waals surface area contributed by atoms with Gasteiger partial charge in [0.25, 0.3) is 0 Å². The van der Waals surface area contributed by atoms with Gasteiger partial charge in [-0.1, -0.05) is 24.3 Å². The van der Waals surface area contributed by atoms with E-state index < -0.39 is 0 Å². The molecule has 0 unspecified atom stereocenters. The van der Waals surface area contributed by atoms with Gasteiger partial charge in [-0.15, -0.1) is 5.11 Å². The average Bonchev–Trinajstić information content (AvgIpc) is 2.54. The first-order valence-electron chi connectivity index (χ1n) is 6.54. The first-order chi connectivity index (χ1) is 10.3. The van der Waals surface area contributed by atoms with Crippen molar-refractivity contribution in [3.63, 3.8) is 0 Å². The van der Waals surface area contributed by atoms with Crippen LogP contribution in [0.4, 0.5) is 11.4 Å². The van der Waals surface area contributed by atoms with Gasteiger partial charge in [-0.3, -0.25) is 0 Å². The Labute approximate surface area is 122 Å². The predicted octanol–water partition coefficient (Wildman–Crippen LogP) is 4.97. The van der Waals surface area contributed by atoms with E-state index in [0.717, 1.165) is 22.2 Å². The molecule has 0 fully saturated rings. The molecule has 4 nitrogen and oxygen atoms in total. The van der Waals surface area contributed by atoms with Crippen LogP contribution in [0, 0.1) is 0 Å². The number of hydrogen-bond donors (Lipinski definition) is 1. The SMILES string of the molecule is COc1ccc(/N=N/c2ccc(O)cc2)c2ccccc12. The first-order valence-corrected chi connectivity index (χ1v) is 6.54. The quantitative estimate of drug-likeness (QED) is 0.688. The summed E-state index contributed by atoms with van der Waals surface area (Å²) in [5, 5.41) is 19.7. The summed E-state index contributed by atoms with van der Waals surface area (Å²) in [5.74, 6) is 1.03. The van der Waals surface area contributed by atoms with Crippen LogP contribution >= 0.6 is 0 Å². The zero-order valence-electron chi connectivity index (χ0n) is 11.5. The fraction of sp³-hybridized carbons (Fsp3) is 0.0588. The summed E-state index contributed by atoms with van der Waals surface area (Å²) in [6.07, 6.45) is 0. The van der Waals surface area contributed by atoms with Crippen LogP contribution in [0.5, 0.6) is 11.5 Å². The molecule has 3 aromatic rings. The summed E-state index contributed by atoms with van der Waals surface area (Å²) < 4.78 is 5.36. The fourth-order valence-corrected chi connectivity index (χ4v) is 2.15. The van der Waals surface area contributed by atoms with Gasteiger partial charge in [-0.05, 0) is 36.4 Å². The van der Waals surface area contributed by atoms with Gasteiger partial charge in [0.15, 0.2) is 0 Å². The molecule has 1 N–H and O–H groups in total. The van der Waals surface area contributed by atoms with Crippen molar-refractivity contribution >= 4 is 22.1 Å². The lowest BCUT2D eigenvalue weighted by atomic mass is 10.1. The number of phenols is 1. The summed E-state index contributed by atoms with van der Waals surface area (Å²) >= 11 is 0. The summed E-state index contributed by atoms with van der Waals surface area (Å²) in [5.41, 5.74) is 1.46. The highest BCUT2D eigenvalue weighted by Crippen LogP contribution is 2.33. The van der Waals surface area contributed by atoms with Crippen molar-refractivity contribution in [1.29, 1.82) is 0 Å². The maximum absolute atomic E-state index is 9.25. The largest absolute Gasteiger partial charge is 0.508 e. The van der Waals surface area contributed by atoms with Gasteiger partial charge in [0, 0.05) is 10.8 Å². The minimum absolute atomic E-state index is 0.212. The van der Waals surface area contributed by atoms with E-state index in [1.807, 2.05) is 36.4 Å².